The second-order valence-corrected chi connectivity index (χ2v) is 3.42. The van der Waals surface area contributed by atoms with E-state index < -0.39 is 28.4 Å². The van der Waals surface area contributed by atoms with Crippen LogP contribution in [-0.2, 0) is 0 Å². The molecule has 1 unspecified atom stereocenters. The molecule has 0 heterocycles. The molecule has 4 N–H and O–H groups in total. The van der Waals surface area contributed by atoms with Crippen molar-refractivity contribution in [1.82, 2.24) is 0 Å². The predicted octanol–water partition coefficient (Wildman–Crippen LogP) is 1.71. The second kappa shape index (κ2) is 4.74. The van der Waals surface area contributed by atoms with Crippen LogP contribution in [0.1, 0.15) is 18.0 Å². The first-order valence-corrected chi connectivity index (χ1v) is 4.59. The molecule has 0 aliphatic heterocycles. The molecule has 6 heteroatoms. The molecule has 0 fully saturated rings. The van der Waals surface area contributed by atoms with E-state index in [1.165, 1.54) is 0 Å². The molecule has 1 atom stereocenters. The van der Waals surface area contributed by atoms with Crippen molar-refractivity contribution in [2.45, 2.75) is 12.5 Å². The highest BCUT2D eigenvalue weighted by molar-refractivity contribution is 6.32. The first-order valence-electron chi connectivity index (χ1n) is 4.21. The second-order valence-electron chi connectivity index (χ2n) is 3.04. The van der Waals surface area contributed by atoms with Gasteiger partial charge < -0.3 is 15.9 Å². The van der Waals surface area contributed by atoms with Crippen LogP contribution < -0.4 is 5.73 Å². The first kappa shape index (κ1) is 12.2. The molecule has 1 aromatic carbocycles. The van der Waals surface area contributed by atoms with Crippen molar-refractivity contribution in [2.24, 2.45) is 5.73 Å². The maximum atomic E-state index is 12.9. The molecule has 0 saturated carbocycles. The molecule has 0 spiro atoms. The molecular formula is C9H10ClF2NO2. The summed E-state index contributed by atoms with van der Waals surface area (Å²) in [6.07, 6.45) is 0.120. The van der Waals surface area contributed by atoms with Gasteiger partial charge >= 0.3 is 0 Å². The number of hydrogen-bond donors (Lipinski definition) is 3. The summed E-state index contributed by atoms with van der Waals surface area (Å²) in [7, 11) is 0. The van der Waals surface area contributed by atoms with Crippen LogP contribution in [0.5, 0.6) is 5.75 Å². The Morgan fingerprint density at radius 1 is 1.47 bits per heavy atom. The number of phenols is 1. The van der Waals surface area contributed by atoms with E-state index in [0.717, 1.165) is 6.07 Å². The zero-order valence-corrected chi connectivity index (χ0v) is 8.43. The summed E-state index contributed by atoms with van der Waals surface area (Å²) in [5, 5.41) is 17.3. The van der Waals surface area contributed by atoms with Crippen molar-refractivity contribution >= 4 is 11.6 Å². The molecule has 0 saturated heterocycles. The maximum Gasteiger partial charge on any atom is 0.181 e. The Morgan fingerprint density at radius 3 is 2.60 bits per heavy atom. The Bertz CT molecular complexity index is 374. The van der Waals surface area contributed by atoms with Gasteiger partial charge in [0.15, 0.2) is 11.6 Å². The van der Waals surface area contributed by atoms with Crippen LogP contribution in [0.2, 0.25) is 5.02 Å². The van der Waals surface area contributed by atoms with Gasteiger partial charge in [0, 0.05) is 18.2 Å². The summed E-state index contributed by atoms with van der Waals surface area (Å²) >= 11 is 5.35. The predicted molar refractivity (Wildman–Crippen MR) is 51.7 cm³/mol. The Labute approximate surface area is 90.1 Å². The van der Waals surface area contributed by atoms with Crippen molar-refractivity contribution in [2.75, 3.05) is 6.61 Å². The molecule has 1 rings (SSSR count). The monoisotopic (exact) mass is 237 g/mol. The quantitative estimate of drug-likeness (QED) is 0.701. The van der Waals surface area contributed by atoms with E-state index in [0.29, 0.717) is 0 Å². The van der Waals surface area contributed by atoms with Crippen molar-refractivity contribution in [3.63, 3.8) is 0 Å². The third-order valence-corrected chi connectivity index (χ3v) is 2.35. The minimum Gasteiger partial charge on any atom is -0.506 e. The molecule has 0 aliphatic rings. The lowest BCUT2D eigenvalue weighted by molar-refractivity contribution is 0.275. The number of rotatable bonds is 3. The smallest absolute Gasteiger partial charge is 0.181 e. The highest BCUT2D eigenvalue weighted by Crippen LogP contribution is 2.35. The van der Waals surface area contributed by atoms with E-state index in [4.69, 9.17) is 22.4 Å². The van der Waals surface area contributed by atoms with Gasteiger partial charge in [0.05, 0.1) is 0 Å². The molecule has 15 heavy (non-hydrogen) atoms. The van der Waals surface area contributed by atoms with Crippen LogP contribution in [-0.4, -0.2) is 16.8 Å². The van der Waals surface area contributed by atoms with Crippen LogP contribution in [0.15, 0.2) is 6.07 Å². The third-order valence-electron chi connectivity index (χ3n) is 2.01. The number of benzene rings is 1. The fourth-order valence-corrected chi connectivity index (χ4v) is 1.38. The number of phenolic OH excluding ortho intramolecular Hbond substituents is 1. The van der Waals surface area contributed by atoms with Crippen LogP contribution >= 0.6 is 11.6 Å². The highest BCUT2D eigenvalue weighted by atomic mass is 35.5. The van der Waals surface area contributed by atoms with E-state index >= 15 is 0 Å². The minimum absolute atomic E-state index is 0.0204. The van der Waals surface area contributed by atoms with Gasteiger partial charge in [0.25, 0.3) is 0 Å². The van der Waals surface area contributed by atoms with Crippen molar-refractivity contribution in [3.05, 3.63) is 28.3 Å². The van der Waals surface area contributed by atoms with Gasteiger partial charge in [-0.1, -0.05) is 11.6 Å². The van der Waals surface area contributed by atoms with E-state index in [2.05, 4.69) is 0 Å². The average molecular weight is 238 g/mol. The van der Waals surface area contributed by atoms with Gasteiger partial charge in [-0.2, -0.15) is 0 Å². The van der Waals surface area contributed by atoms with Gasteiger partial charge in [-0.25, -0.2) is 8.78 Å². The normalized spacial score (nSPS) is 12.9. The molecule has 0 bridgehead atoms. The van der Waals surface area contributed by atoms with E-state index in [-0.39, 0.29) is 18.6 Å². The Hall–Kier alpha value is -0.910. The van der Waals surface area contributed by atoms with Crippen LogP contribution in [0.4, 0.5) is 8.78 Å². The maximum absolute atomic E-state index is 12.9. The zero-order valence-electron chi connectivity index (χ0n) is 7.67. The minimum atomic E-state index is -1.31. The van der Waals surface area contributed by atoms with E-state index in [1.807, 2.05) is 0 Å². The van der Waals surface area contributed by atoms with Crippen LogP contribution in [0.25, 0.3) is 0 Å². The van der Waals surface area contributed by atoms with E-state index in [1.54, 1.807) is 0 Å². The molecular weight excluding hydrogens is 228 g/mol. The van der Waals surface area contributed by atoms with Gasteiger partial charge in [0.2, 0.25) is 0 Å². The van der Waals surface area contributed by atoms with Crippen molar-refractivity contribution in [1.29, 1.82) is 0 Å². The summed E-state index contributed by atoms with van der Waals surface area (Å²) in [4.78, 5) is 0. The fourth-order valence-electron chi connectivity index (χ4n) is 1.18. The number of halogens is 3. The number of aromatic hydroxyl groups is 1. The molecule has 0 aromatic heterocycles. The molecule has 0 radical (unpaired) electrons. The van der Waals surface area contributed by atoms with Gasteiger partial charge in [-0.05, 0) is 12.5 Å². The third kappa shape index (κ3) is 2.37. The standard InChI is InChI=1S/C9H10ClF2NO2/c10-7-8(12)5(11)3-4(9(7)15)6(13)1-2-14/h3,6,14-15H,1-2,13H2. The average Bonchev–Trinajstić information content (AvgIpc) is 2.20. The summed E-state index contributed by atoms with van der Waals surface area (Å²) in [5.41, 5.74) is 5.51. The molecule has 0 amide bonds. The highest BCUT2D eigenvalue weighted by Gasteiger charge is 2.20. The molecule has 84 valence electrons. The Kier molecular flexibility index (Phi) is 3.84. The SMILES string of the molecule is NC(CCO)c1cc(F)c(F)c(Cl)c1O. The molecule has 3 nitrogen and oxygen atoms in total. The lowest BCUT2D eigenvalue weighted by atomic mass is 10.0. The topological polar surface area (TPSA) is 66.5 Å². The lowest BCUT2D eigenvalue weighted by Gasteiger charge is -2.13. The van der Waals surface area contributed by atoms with Crippen molar-refractivity contribution in [3.8, 4) is 5.75 Å². The summed E-state index contributed by atoms with van der Waals surface area (Å²) in [6, 6.07) is -0.0146. The van der Waals surface area contributed by atoms with Gasteiger partial charge in [-0.3, -0.25) is 0 Å². The molecule has 0 aliphatic carbocycles. The fraction of sp³-hybridized carbons (Fsp3) is 0.333. The van der Waals surface area contributed by atoms with Gasteiger partial charge in [0.1, 0.15) is 10.8 Å². The first-order chi connectivity index (χ1) is 6.99. The Morgan fingerprint density at radius 2 is 2.07 bits per heavy atom. The van der Waals surface area contributed by atoms with Crippen molar-refractivity contribution < 1.29 is 19.0 Å². The number of nitrogens with two attached hydrogens (primary N) is 1. The van der Waals surface area contributed by atoms with Crippen LogP contribution in [0.3, 0.4) is 0 Å². The van der Waals surface area contributed by atoms with Gasteiger partial charge in [-0.15, -0.1) is 0 Å². The zero-order chi connectivity index (χ0) is 11.6. The summed E-state index contributed by atoms with van der Waals surface area (Å²) < 4.78 is 25.8. The van der Waals surface area contributed by atoms with E-state index in [9.17, 15) is 13.9 Å². The Balaban J connectivity index is 3.19. The number of aliphatic hydroxyl groups excluding tert-OH is 1. The number of hydrogen-bond acceptors (Lipinski definition) is 3. The number of aliphatic hydroxyl groups is 1. The summed E-state index contributed by atoms with van der Waals surface area (Å²) in [5.74, 6) is -3.08. The lowest BCUT2D eigenvalue weighted by Crippen LogP contribution is -2.13. The largest absolute Gasteiger partial charge is 0.506 e. The molecule has 1 aromatic rings. The van der Waals surface area contributed by atoms with Crippen LogP contribution in [0, 0.1) is 11.6 Å². The summed E-state index contributed by atoms with van der Waals surface area (Å²) in [6.45, 7) is -0.225.